The van der Waals surface area contributed by atoms with Crippen LogP contribution in [0.2, 0.25) is 0 Å². The maximum Gasteiger partial charge on any atom is 0.272 e. The first-order chi connectivity index (χ1) is 12.3. The molecule has 0 saturated heterocycles. The molecule has 0 radical (unpaired) electrons. The molecule has 2 heterocycles. The Bertz CT molecular complexity index is 1040. The Labute approximate surface area is 143 Å². The smallest absolute Gasteiger partial charge is 0.272 e. The molecule has 0 fully saturated rings. The summed E-state index contributed by atoms with van der Waals surface area (Å²) in [7, 11) is 0. The van der Waals surface area contributed by atoms with Crippen LogP contribution in [0.25, 0.3) is 21.8 Å². The predicted molar refractivity (Wildman–Crippen MR) is 95.7 cm³/mol. The number of benzene rings is 2. The number of aromatic amines is 1. The zero-order chi connectivity index (χ0) is 17.1. The summed E-state index contributed by atoms with van der Waals surface area (Å²) in [5.74, 6) is 0.481. The van der Waals surface area contributed by atoms with Crippen molar-refractivity contribution < 1.29 is 9.53 Å². The lowest BCUT2D eigenvalue weighted by Gasteiger charge is -2.09. The molecule has 0 saturated carbocycles. The Balaban J connectivity index is 1.38. The predicted octanol–water partition coefficient (Wildman–Crippen LogP) is 2.92. The third-order valence-electron chi connectivity index (χ3n) is 3.93. The van der Waals surface area contributed by atoms with Gasteiger partial charge in [-0.05, 0) is 18.2 Å². The number of nitrogens with zero attached hydrogens (tertiary/aromatic N) is 2. The van der Waals surface area contributed by atoms with Gasteiger partial charge in [0.15, 0.2) is 5.69 Å². The van der Waals surface area contributed by atoms with Crippen LogP contribution in [0.5, 0.6) is 5.75 Å². The van der Waals surface area contributed by atoms with Gasteiger partial charge in [0.2, 0.25) is 0 Å². The largest absolute Gasteiger partial charge is 0.489 e. The van der Waals surface area contributed by atoms with Gasteiger partial charge in [-0.2, -0.15) is 5.10 Å². The van der Waals surface area contributed by atoms with E-state index in [1.165, 1.54) is 0 Å². The van der Waals surface area contributed by atoms with Gasteiger partial charge in [-0.3, -0.25) is 14.9 Å². The lowest BCUT2D eigenvalue weighted by molar-refractivity contribution is 0.0943. The number of pyridine rings is 1. The van der Waals surface area contributed by atoms with Gasteiger partial charge in [-0.25, -0.2) is 0 Å². The maximum absolute atomic E-state index is 12.3. The van der Waals surface area contributed by atoms with Gasteiger partial charge in [-0.15, -0.1) is 0 Å². The standard InChI is InChI=1S/C19H16N4O2/c24-19(18-14-7-1-2-8-15(14)22-23-18)21-11-12-25-16-9-3-5-13-6-4-10-20-17(13)16/h1-10H,11-12H2,(H,21,24)(H,22,23). The second-order valence-corrected chi connectivity index (χ2v) is 5.55. The van der Waals surface area contributed by atoms with Gasteiger partial charge in [0.1, 0.15) is 17.9 Å². The topological polar surface area (TPSA) is 79.9 Å². The molecule has 6 heteroatoms. The van der Waals surface area contributed by atoms with Gasteiger partial charge in [0, 0.05) is 17.0 Å². The van der Waals surface area contributed by atoms with Crippen LogP contribution in [-0.4, -0.2) is 34.2 Å². The van der Waals surface area contributed by atoms with Crippen molar-refractivity contribution in [3.63, 3.8) is 0 Å². The summed E-state index contributed by atoms with van der Waals surface area (Å²) in [6.45, 7) is 0.729. The molecule has 0 aliphatic carbocycles. The fourth-order valence-electron chi connectivity index (χ4n) is 2.74. The molecule has 124 valence electrons. The number of hydrogen-bond acceptors (Lipinski definition) is 4. The van der Waals surface area contributed by atoms with E-state index in [0.29, 0.717) is 24.6 Å². The molecule has 4 aromatic rings. The fourth-order valence-corrected chi connectivity index (χ4v) is 2.74. The third-order valence-corrected chi connectivity index (χ3v) is 3.93. The number of para-hydroxylation sites is 2. The molecule has 4 rings (SSSR count). The average Bonchev–Trinajstić information content (AvgIpc) is 3.09. The van der Waals surface area contributed by atoms with Crippen molar-refractivity contribution in [2.24, 2.45) is 0 Å². The van der Waals surface area contributed by atoms with E-state index in [-0.39, 0.29) is 5.91 Å². The molecule has 6 nitrogen and oxygen atoms in total. The first-order valence-corrected chi connectivity index (χ1v) is 8.01. The lowest BCUT2D eigenvalue weighted by atomic mass is 10.2. The fraction of sp³-hybridized carbons (Fsp3) is 0.105. The second-order valence-electron chi connectivity index (χ2n) is 5.55. The Kier molecular flexibility index (Phi) is 4.00. The van der Waals surface area contributed by atoms with Crippen molar-refractivity contribution in [1.29, 1.82) is 0 Å². The Morgan fingerprint density at radius 3 is 2.92 bits per heavy atom. The number of ether oxygens (including phenoxy) is 1. The summed E-state index contributed by atoms with van der Waals surface area (Å²) in [6.07, 6.45) is 1.74. The molecule has 2 aromatic heterocycles. The molecule has 2 aromatic carbocycles. The van der Waals surface area contributed by atoms with Crippen molar-refractivity contribution >= 4 is 27.7 Å². The number of hydrogen-bond donors (Lipinski definition) is 2. The molecule has 0 unspecified atom stereocenters. The highest BCUT2D eigenvalue weighted by atomic mass is 16.5. The molecule has 25 heavy (non-hydrogen) atoms. The van der Waals surface area contributed by atoms with Gasteiger partial charge < -0.3 is 10.1 Å². The molecular weight excluding hydrogens is 316 g/mol. The normalized spacial score (nSPS) is 10.9. The van der Waals surface area contributed by atoms with Crippen LogP contribution in [0.15, 0.2) is 60.8 Å². The van der Waals surface area contributed by atoms with E-state index >= 15 is 0 Å². The number of carbonyl (C=O) groups is 1. The van der Waals surface area contributed by atoms with Crippen molar-refractivity contribution in [3.05, 3.63) is 66.5 Å². The summed E-state index contributed by atoms with van der Waals surface area (Å²) in [5.41, 5.74) is 2.04. The van der Waals surface area contributed by atoms with E-state index in [1.807, 2.05) is 54.6 Å². The number of H-pyrrole nitrogens is 1. The van der Waals surface area contributed by atoms with E-state index in [4.69, 9.17) is 4.74 Å². The number of amides is 1. The Hall–Kier alpha value is -3.41. The Morgan fingerprint density at radius 1 is 1.08 bits per heavy atom. The highest BCUT2D eigenvalue weighted by Crippen LogP contribution is 2.22. The summed E-state index contributed by atoms with van der Waals surface area (Å²) in [4.78, 5) is 16.6. The molecular formula is C19H16N4O2. The van der Waals surface area contributed by atoms with Crippen LogP contribution in [0, 0.1) is 0 Å². The molecule has 0 spiro atoms. The van der Waals surface area contributed by atoms with Crippen LogP contribution in [0.4, 0.5) is 0 Å². The van der Waals surface area contributed by atoms with E-state index < -0.39 is 0 Å². The summed E-state index contributed by atoms with van der Waals surface area (Å²) in [6, 6.07) is 17.2. The van der Waals surface area contributed by atoms with Crippen LogP contribution in [0.1, 0.15) is 10.5 Å². The first kappa shape index (κ1) is 15.1. The second kappa shape index (κ2) is 6.60. The molecule has 0 bridgehead atoms. The van der Waals surface area contributed by atoms with Crippen LogP contribution in [-0.2, 0) is 0 Å². The zero-order valence-electron chi connectivity index (χ0n) is 13.4. The van der Waals surface area contributed by atoms with Gasteiger partial charge in [0.25, 0.3) is 5.91 Å². The highest BCUT2D eigenvalue weighted by Gasteiger charge is 2.13. The molecule has 1 amide bonds. The van der Waals surface area contributed by atoms with Crippen LogP contribution < -0.4 is 10.1 Å². The van der Waals surface area contributed by atoms with E-state index in [9.17, 15) is 4.79 Å². The minimum atomic E-state index is -0.225. The molecule has 2 N–H and O–H groups in total. The van der Waals surface area contributed by atoms with Crippen molar-refractivity contribution in [1.82, 2.24) is 20.5 Å². The first-order valence-electron chi connectivity index (χ1n) is 8.01. The maximum atomic E-state index is 12.3. The van der Waals surface area contributed by atoms with E-state index in [2.05, 4.69) is 20.5 Å². The lowest BCUT2D eigenvalue weighted by Crippen LogP contribution is -2.28. The number of rotatable bonds is 5. The average molecular weight is 332 g/mol. The van der Waals surface area contributed by atoms with Crippen LogP contribution >= 0.6 is 0 Å². The van der Waals surface area contributed by atoms with Gasteiger partial charge in [0.05, 0.1) is 12.1 Å². The van der Waals surface area contributed by atoms with E-state index in [1.54, 1.807) is 6.20 Å². The van der Waals surface area contributed by atoms with Gasteiger partial charge in [-0.1, -0.05) is 36.4 Å². The summed E-state index contributed by atoms with van der Waals surface area (Å²) < 4.78 is 5.77. The number of aromatic nitrogens is 3. The number of carbonyl (C=O) groups excluding carboxylic acids is 1. The van der Waals surface area contributed by atoms with Crippen molar-refractivity contribution in [2.75, 3.05) is 13.2 Å². The SMILES string of the molecule is O=C(NCCOc1cccc2cccnc12)c1n[nH]c2ccccc12. The van der Waals surface area contributed by atoms with Crippen molar-refractivity contribution in [2.45, 2.75) is 0 Å². The minimum Gasteiger partial charge on any atom is -0.489 e. The van der Waals surface area contributed by atoms with E-state index in [0.717, 1.165) is 21.8 Å². The number of nitrogens with one attached hydrogen (secondary N) is 2. The summed E-state index contributed by atoms with van der Waals surface area (Å²) >= 11 is 0. The highest BCUT2D eigenvalue weighted by molar-refractivity contribution is 6.04. The third kappa shape index (κ3) is 3.01. The number of fused-ring (bicyclic) bond motifs is 2. The molecule has 0 aliphatic rings. The molecule has 0 aliphatic heterocycles. The summed E-state index contributed by atoms with van der Waals surface area (Å²) in [5, 5.41) is 11.6. The van der Waals surface area contributed by atoms with Gasteiger partial charge >= 0.3 is 0 Å². The minimum absolute atomic E-state index is 0.225. The molecule has 0 atom stereocenters. The quantitative estimate of drug-likeness (QED) is 0.551. The Morgan fingerprint density at radius 2 is 1.96 bits per heavy atom. The zero-order valence-corrected chi connectivity index (χ0v) is 13.4. The van der Waals surface area contributed by atoms with Crippen LogP contribution in [0.3, 0.4) is 0 Å². The van der Waals surface area contributed by atoms with Crippen molar-refractivity contribution in [3.8, 4) is 5.75 Å². The monoisotopic (exact) mass is 332 g/mol.